The van der Waals surface area contributed by atoms with Crippen molar-refractivity contribution in [1.29, 1.82) is 5.26 Å². The summed E-state index contributed by atoms with van der Waals surface area (Å²) in [5, 5.41) is 9.03. The summed E-state index contributed by atoms with van der Waals surface area (Å²) in [6.07, 6.45) is 13.3. The Morgan fingerprint density at radius 2 is 1.79 bits per heavy atom. The Morgan fingerprint density at radius 1 is 1.14 bits per heavy atom. The van der Waals surface area contributed by atoms with E-state index in [2.05, 4.69) is 41.9 Å². The third-order valence-electron chi connectivity index (χ3n) is 5.99. The van der Waals surface area contributed by atoms with Gasteiger partial charge in [-0.2, -0.15) is 5.26 Å². The molecule has 1 unspecified atom stereocenters. The van der Waals surface area contributed by atoms with Gasteiger partial charge in [0.2, 0.25) is 5.91 Å². The van der Waals surface area contributed by atoms with Gasteiger partial charge in [0.1, 0.15) is 0 Å². The molecule has 1 heterocycles. The number of nitriles is 1. The molecule has 1 aliphatic rings. The summed E-state index contributed by atoms with van der Waals surface area (Å²) in [5.41, 5.74) is 2.09. The zero-order valence-corrected chi connectivity index (χ0v) is 19.2. The molecule has 0 bridgehead atoms. The molecular formula is C24H35BrN2O. The van der Waals surface area contributed by atoms with E-state index in [4.69, 9.17) is 5.26 Å². The molecule has 4 heteroatoms. The van der Waals surface area contributed by atoms with Gasteiger partial charge in [0.05, 0.1) is 6.07 Å². The second kappa shape index (κ2) is 11.6. The minimum Gasteiger partial charge on any atom is -0.311 e. The highest BCUT2D eigenvalue weighted by molar-refractivity contribution is 9.10. The summed E-state index contributed by atoms with van der Waals surface area (Å²) in [4.78, 5) is 14.9. The molecule has 0 fully saturated rings. The van der Waals surface area contributed by atoms with Crippen molar-refractivity contribution in [3.63, 3.8) is 0 Å². The minimum absolute atomic E-state index is 0.136. The number of nitrogens with zero attached hydrogens (tertiary/aromatic N) is 2. The predicted molar refractivity (Wildman–Crippen MR) is 121 cm³/mol. The van der Waals surface area contributed by atoms with E-state index in [9.17, 15) is 4.79 Å². The SMILES string of the molecule is CCCCCCCCCCCC(=O)N1CC(C)(CCC#N)c2cc(Br)ccc21. The molecule has 1 amide bonds. The average Bonchev–Trinajstić information content (AvgIpc) is 2.97. The van der Waals surface area contributed by atoms with Crippen molar-refractivity contribution in [2.24, 2.45) is 0 Å². The van der Waals surface area contributed by atoms with Gasteiger partial charge in [-0.25, -0.2) is 0 Å². The third kappa shape index (κ3) is 6.34. The summed E-state index contributed by atoms with van der Waals surface area (Å²) in [6.45, 7) is 5.12. The van der Waals surface area contributed by atoms with Crippen LogP contribution in [0.4, 0.5) is 5.69 Å². The number of halogens is 1. The van der Waals surface area contributed by atoms with Crippen molar-refractivity contribution >= 4 is 27.5 Å². The van der Waals surface area contributed by atoms with Crippen LogP contribution < -0.4 is 4.90 Å². The van der Waals surface area contributed by atoms with E-state index < -0.39 is 0 Å². The molecule has 154 valence electrons. The van der Waals surface area contributed by atoms with E-state index in [-0.39, 0.29) is 11.3 Å². The maximum atomic E-state index is 12.9. The largest absolute Gasteiger partial charge is 0.311 e. The van der Waals surface area contributed by atoms with E-state index in [0.29, 0.717) is 19.4 Å². The number of hydrogen-bond acceptors (Lipinski definition) is 2. The molecule has 0 aliphatic carbocycles. The Kier molecular flexibility index (Phi) is 9.51. The fourth-order valence-electron chi connectivity index (χ4n) is 4.24. The van der Waals surface area contributed by atoms with Crippen LogP contribution in [0.1, 0.15) is 96.5 Å². The zero-order chi connectivity index (χ0) is 20.4. The van der Waals surface area contributed by atoms with E-state index in [1.54, 1.807) is 0 Å². The van der Waals surface area contributed by atoms with Crippen LogP contribution in [0.25, 0.3) is 0 Å². The lowest BCUT2D eigenvalue weighted by molar-refractivity contribution is -0.118. The first-order chi connectivity index (χ1) is 13.5. The van der Waals surface area contributed by atoms with Crippen LogP contribution >= 0.6 is 15.9 Å². The van der Waals surface area contributed by atoms with Crippen molar-refractivity contribution in [3.05, 3.63) is 28.2 Å². The summed E-state index contributed by atoms with van der Waals surface area (Å²) in [6, 6.07) is 8.44. The molecule has 0 radical (unpaired) electrons. The molecule has 0 N–H and O–H groups in total. The first kappa shape index (κ1) is 22.9. The fourth-order valence-corrected chi connectivity index (χ4v) is 4.60. The molecular weight excluding hydrogens is 412 g/mol. The normalized spacial score (nSPS) is 18.1. The van der Waals surface area contributed by atoms with E-state index in [1.807, 2.05) is 17.0 Å². The smallest absolute Gasteiger partial charge is 0.227 e. The van der Waals surface area contributed by atoms with Crippen molar-refractivity contribution < 1.29 is 4.79 Å². The van der Waals surface area contributed by atoms with E-state index in [1.165, 1.54) is 50.5 Å². The second-order valence-electron chi connectivity index (χ2n) is 8.44. The molecule has 0 saturated heterocycles. The Hall–Kier alpha value is -1.34. The van der Waals surface area contributed by atoms with Crippen LogP contribution in [0.3, 0.4) is 0 Å². The van der Waals surface area contributed by atoms with E-state index in [0.717, 1.165) is 29.4 Å². The number of unbranched alkanes of at least 4 members (excludes halogenated alkanes) is 8. The number of benzene rings is 1. The van der Waals surface area contributed by atoms with Gasteiger partial charge in [-0.15, -0.1) is 0 Å². The van der Waals surface area contributed by atoms with Gasteiger partial charge in [-0.1, -0.05) is 81.1 Å². The number of fused-ring (bicyclic) bond motifs is 1. The van der Waals surface area contributed by atoms with Crippen molar-refractivity contribution in [2.75, 3.05) is 11.4 Å². The van der Waals surface area contributed by atoms with Crippen LogP contribution in [0.2, 0.25) is 0 Å². The maximum Gasteiger partial charge on any atom is 0.227 e. The standard InChI is InChI=1S/C24H35BrN2O/c1-3-4-5-6-7-8-9-10-11-13-23(28)27-19-24(2,16-12-17-26)21-18-20(25)14-15-22(21)27/h14-15,18H,3-13,16,19H2,1-2H3. The second-order valence-corrected chi connectivity index (χ2v) is 9.35. The lowest BCUT2D eigenvalue weighted by Gasteiger charge is -2.24. The molecule has 0 spiro atoms. The molecule has 0 saturated carbocycles. The number of hydrogen-bond donors (Lipinski definition) is 0. The van der Waals surface area contributed by atoms with Gasteiger partial charge >= 0.3 is 0 Å². The summed E-state index contributed by atoms with van der Waals surface area (Å²) in [7, 11) is 0. The maximum absolute atomic E-state index is 12.9. The van der Waals surface area contributed by atoms with Gasteiger partial charge < -0.3 is 4.90 Å². The Bertz CT molecular complexity index is 682. The molecule has 2 rings (SSSR count). The first-order valence-corrected chi connectivity index (χ1v) is 11.8. The average molecular weight is 447 g/mol. The monoisotopic (exact) mass is 446 g/mol. The van der Waals surface area contributed by atoms with Gasteiger partial charge in [0.15, 0.2) is 0 Å². The lowest BCUT2D eigenvalue weighted by Crippen LogP contribution is -2.35. The number of rotatable bonds is 12. The number of anilines is 1. The van der Waals surface area contributed by atoms with Gasteiger partial charge in [0, 0.05) is 35.0 Å². The third-order valence-corrected chi connectivity index (χ3v) is 6.48. The van der Waals surface area contributed by atoms with Crippen LogP contribution in [-0.4, -0.2) is 12.5 Å². The molecule has 3 nitrogen and oxygen atoms in total. The van der Waals surface area contributed by atoms with Gasteiger partial charge in [-0.3, -0.25) is 4.79 Å². The fraction of sp³-hybridized carbons (Fsp3) is 0.667. The predicted octanol–water partition coefficient (Wildman–Crippen LogP) is 7.28. The Balaban J connectivity index is 1.83. The number of carbonyl (C=O) groups excluding carboxylic acids is 1. The highest BCUT2D eigenvalue weighted by atomic mass is 79.9. The van der Waals surface area contributed by atoms with Crippen LogP contribution in [0, 0.1) is 11.3 Å². The van der Waals surface area contributed by atoms with Crippen LogP contribution in [0.15, 0.2) is 22.7 Å². The van der Waals surface area contributed by atoms with Crippen molar-refractivity contribution in [1.82, 2.24) is 0 Å². The molecule has 1 aromatic rings. The molecule has 1 aliphatic heterocycles. The first-order valence-electron chi connectivity index (χ1n) is 11.0. The van der Waals surface area contributed by atoms with Crippen LogP contribution in [-0.2, 0) is 10.2 Å². The number of carbonyl (C=O) groups is 1. The lowest BCUT2D eigenvalue weighted by atomic mass is 9.80. The Labute approximate surface area is 179 Å². The van der Waals surface area contributed by atoms with Crippen molar-refractivity contribution in [2.45, 2.75) is 96.3 Å². The van der Waals surface area contributed by atoms with Crippen LogP contribution in [0.5, 0.6) is 0 Å². The zero-order valence-electron chi connectivity index (χ0n) is 17.6. The van der Waals surface area contributed by atoms with E-state index >= 15 is 0 Å². The molecule has 0 aromatic heterocycles. The Morgan fingerprint density at radius 3 is 2.43 bits per heavy atom. The van der Waals surface area contributed by atoms with Gasteiger partial charge in [0.25, 0.3) is 0 Å². The quantitative estimate of drug-likeness (QED) is 0.316. The molecule has 1 atom stereocenters. The summed E-state index contributed by atoms with van der Waals surface area (Å²) >= 11 is 3.56. The highest BCUT2D eigenvalue weighted by Crippen LogP contribution is 2.44. The van der Waals surface area contributed by atoms with Crippen molar-refractivity contribution in [3.8, 4) is 6.07 Å². The number of amides is 1. The highest BCUT2D eigenvalue weighted by Gasteiger charge is 2.40. The van der Waals surface area contributed by atoms with Gasteiger partial charge in [-0.05, 0) is 36.6 Å². The summed E-state index contributed by atoms with van der Waals surface area (Å²) < 4.78 is 1.03. The summed E-state index contributed by atoms with van der Waals surface area (Å²) in [5.74, 6) is 0.229. The minimum atomic E-state index is -0.136. The topological polar surface area (TPSA) is 44.1 Å². The molecule has 1 aromatic carbocycles. The molecule has 28 heavy (non-hydrogen) atoms.